The molecule has 0 radical (unpaired) electrons. The van der Waals surface area contributed by atoms with Gasteiger partial charge in [-0.3, -0.25) is 14.3 Å². The second kappa shape index (κ2) is 15.4. The fraction of sp³-hybridized carbons (Fsp3) is 0.244. The summed E-state index contributed by atoms with van der Waals surface area (Å²) in [5.41, 5.74) is 2.88. The Morgan fingerprint density at radius 2 is 1.37 bits per heavy atom. The van der Waals surface area contributed by atoms with E-state index in [4.69, 9.17) is 9.47 Å². The summed E-state index contributed by atoms with van der Waals surface area (Å²) in [6.45, 7) is 1.17. The molecule has 0 aliphatic carbocycles. The summed E-state index contributed by atoms with van der Waals surface area (Å²) < 4.78 is 41.5. The quantitative estimate of drug-likeness (QED) is 0.0900. The number of nitrogens with zero attached hydrogens (tertiary/aromatic N) is 7. The van der Waals surface area contributed by atoms with Gasteiger partial charge in [0.1, 0.15) is 10.1 Å². The zero-order chi connectivity index (χ0) is 39.7. The minimum absolute atomic E-state index is 0.161. The number of hydrogen-bond acceptors (Lipinski definition) is 12. The van der Waals surface area contributed by atoms with Gasteiger partial charge in [0.15, 0.2) is 33.2 Å². The molecule has 16 heteroatoms. The molecule has 6 aromatic rings. The molecule has 0 N–H and O–H groups in total. The Morgan fingerprint density at radius 1 is 0.842 bits per heavy atom. The van der Waals surface area contributed by atoms with Crippen LogP contribution >= 0.6 is 11.8 Å². The molecule has 2 aliphatic heterocycles. The zero-order valence-electron chi connectivity index (χ0n) is 30.9. The van der Waals surface area contributed by atoms with Crippen LogP contribution in [0.25, 0.3) is 0 Å². The first kappa shape index (κ1) is 37.8. The number of ether oxygens (including phenoxy) is 2. The standard InChI is InChI=1S/C41H37N7O7S2/c1-41(36(48-32(49)23-33(48)57(41,52)53)39(51)55-35(29-19-11-5-12-20-29)30-21-13-6-14-22-30)26-47-24-31(43-45-47)25-56-40-42-37(50)38(44-46(40)2)54-34(27-15-7-3-8-16-27)28-17-9-4-10-18-28/h3-22,24,33-36H,23,25-26H2,1-2H3/t33-,36+,41+/m1/s1. The van der Waals surface area contributed by atoms with E-state index in [1.54, 1.807) is 13.2 Å². The molecule has 8 rings (SSSR count). The molecule has 4 aromatic carbocycles. The van der Waals surface area contributed by atoms with Crippen LogP contribution in [0.2, 0.25) is 0 Å². The van der Waals surface area contributed by atoms with E-state index in [2.05, 4.69) is 20.4 Å². The van der Waals surface area contributed by atoms with Crippen molar-refractivity contribution >= 4 is 33.5 Å². The van der Waals surface area contributed by atoms with Crippen LogP contribution in [-0.4, -0.2) is 71.1 Å². The molecule has 3 atom stereocenters. The molecular formula is C41H37N7O7S2. The number of hydrogen-bond donors (Lipinski definition) is 0. The topological polar surface area (TPSA) is 168 Å². The summed E-state index contributed by atoms with van der Waals surface area (Å²) in [6, 6.07) is 35.9. The van der Waals surface area contributed by atoms with Crippen molar-refractivity contribution in [1.82, 2.24) is 34.7 Å². The Morgan fingerprint density at radius 3 is 1.89 bits per heavy atom. The van der Waals surface area contributed by atoms with Gasteiger partial charge in [-0.25, -0.2) is 17.9 Å². The van der Waals surface area contributed by atoms with E-state index in [9.17, 15) is 22.8 Å². The van der Waals surface area contributed by atoms with Gasteiger partial charge in [-0.2, -0.15) is 4.98 Å². The Bertz CT molecular complexity index is 2500. The number of amides is 1. The van der Waals surface area contributed by atoms with Gasteiger partial charge in [0.25, 0.3) is 0 Å². The molecule has 14 nitrogen and oxygen atoms in total. The third-order valence-electron chi connectivity index (χ3n) is 10.2. The highest BCUT2D eigenvalue weighted by Crippen LogP contribution is 2.48. The van der Waals surface area contributed by atoms with Gasteiger partial charge >= 0.3 is 17.4 Å². The van der Waals surface area contributed by atoms with Gasteiger partial charge in [-0.05, 0) is 29.2 Å². The van der Waals surface area contributed by atoms with Gasteiger partial charge in [0.2, 0.25) is 5.91 Å². The molecule has 0 bridgehead atoms. The van der Waals surface area contributed by atoms with E-state index < -0.39 is 55.6 Å². The second-order valence-electron chi connectivity index (χ2n) is 14.0. The summed E-state index contributed by atoms with van der Waals surface area (Å²) in [5.74, 6) is -1.24. The Kier molecular flexibility index (Phi) is 10.2. The van der Waals surface area contributed by atoms with Crippen molar-refractivity contribution in [2.24, 2.45) is 7.05 Å². The molecule has 0 spiro atoms. The SMILES string of the molecule is Cn1nc(OC(c2ccccc2)c2ccccc2)c(=O)nc1SCc1cn(C[C@@]2(C)[C@H](C(=O)OC(c3ccccc3)c3ccccc3)N3C(=O)C[C@H]3S2(=O)=O)nn1. The third kappa shape index (κ3) is 7.21. The van der Waals surface area contributed by atoms with Gasteiger partial charge in [-0.1, -0.05) is 138 Å². The van der Waals surface area contributed by atoms with Crippen molar-refractivity contribution in [1.29, 1.82) is 0 Å². The maximum atomic E-state index is 14.2. The molecule has 0 unspecified atom stereocenters. The van der Waals surface area contributed by atoms with Crippen LogP contribution in [0.15, 0.2) is 137 Å². The van der Waals surface area contributed by atoms with E-state index >= 15 is 0 Å². The first-order valence-electron chi connectivity index (χ1n) is 18.1. The average molecular weight is 804 g/mol. The number of β-lactam (4-membered cyclic amide) rings is 1. The summed E-state index contributed by atoms with van der Waals surface area (Å²) >= 11 is 1.18. The fourth-order valence-electron chi connectivity index (χ4n) is 7.30. The Balaban J connectivity index is 0.997. The lowest BCUT2D eigenvalue weighted by atomic mass is 9.95. The van der Waals surface area contributed by atoms with E-state index in [-0.39, 0.29) is 24.6 Å². The number of sulfone groups is 1. The highest BCUT2D eigenvalue weighted by molar-refractivity contribution is 7.98. The van der Waals surface area contributed by atoms with Crippen LogP contribution in [-0.2, 0) is 43.5 Å². The third-order valence-corrected chi connectivity index (χ3v) is 14.0. The highest BCUT2D eigenvalue weighted by Gasteiger charge is 2.70. The van der Waals surface area contributed by atoms with Gasteiger partial charge in [-0.15, -0.1) is 10.2 Å². The molecule has 290 valence electrons. The minimum atomic E-state index is -4.08. The van der Waals surface area contributed by atoms with Crippen molar-refractivity contribution in [3.05, 3.63) is 166 Å². The predicted octanol–water partition coefficient (Wildman–Crippen LogP) is 4.67. The molecule has 2 fully saturated rings. The molecule has 1 amide bonds. The van der Waals surface area contributed by atoms with Crippen molar-refractivity contribution in [2.75, 3.05) is 0 Å². The lowest BCUT2D eigenvalue weighted by molar-refractivity contribution is -0.164. The molecular weight excluding hydrogens is 767 g/mol. The van der Waals surface area contributed by atoms with Crippen LogP contribution in [0.5, 0.6) is 5.88 Å². The number of fused-ring (bicyclic) bond motifs is 1. The molecule has 4 heterocycles. The van der Waals surface area contributed by atoms with Gasteiger partial charge < -0.3 is 14.4 Å². The van der Waals surface area contributed by atoms with Crippen LogP contribution in [0.1, 0.15) is 53.5 Å². The number of benzene rings is 4. The van der Waals surface area contributed by atoms with Crippen LogP contribution in [0, 0.1) is 0 Å². The second-order valence-corrected chi connectivity index (χ2v) is 17.5. The molecule has 57 heavy (non-hydrogen) atoms. The first-order chi connectivity index (χ1) is 27.5. The number of esters is 1. The summed E-state index contributed by atoms with van der Waals surface area (Å²) in [6.07, 6.45) is -0.0809. The number of carbonyl (C=O) groups is 2. The number of carbonyl (C=O) groups excluding carboxylic acids is 2. The Labute approximate surface area is 332 Å². The van der Waals surface area contributed by atoms with Crippen LogP contribution < -0.4 is 10.3 Å². The number of thioether (sulfide) groups is 1. The monoisotopic (exact) mass is 803 g/mol. The number of aryl methyl sites for hydroxylation is 1. The molecule has 2 aromatic heterocycles. The predicted molar refractivity (Wildman–Crippen MR) is 209 cm³/mol. The van der Waals surface area contributed by atoms with Gasteiger partial charge in [0, 0.05) is 19.0 Å². The normalized spacial score (nSPS) is 19.6. The van der Waals surface area contributed by atoms with Crippen molar-refractivity contribution in [2.45, 2.75) is 59.2 Å². The van der Waals surface area contributed by atoms with E-state index in [1.165, 1.54) is 28.0 Å². The first-order valence-corrected chi connectivity index (χ1v) is 20.7. The lowest BCUT2D eigenvalue weighted by Gasteiger charge is -2.37. The molecule has 2 saturated heterocycles. The van der Waals surface area contributed by atoms with Crippen molar-refractivity contribution < 1.29 is 27.5 Å². The lowest BCUT2D eigenvalue weighted by Crippen LogP contribution is -2.58. The highest BCUT2D eigenvalue weighted by atomic mass is 32.2. The number of aromatic nitrogens is 6. The molecule has 0 saturated carbocycles. The van der Waals surface area contributed by atoms with Crippen molar-refractivity contribution in [3.63, 3.8) is 0 Å². The maximum absolute atomic E-state index is 14.2. The smallest absolute Gasteiger partial charge is 0.336 e. The minimum Gasteiger partial charge on any atom is -0.460 e. The van der Waals surface area contributed by atoms with E-state index in [0.717, 1.165) is 16.0 Å². The van der Waals surface area contributed by atoms with E-state index in [0.29, 0.717) is 22.0 Å². The summed E-state index contributed by atoms with van der Waals surface area (Å²) in [5, 5.41) is 12.0. The van der Waals surface area contributed by atoms with E-state index in [1.807, 2.05) is 121 Å². The maximum Gasteiger partial charge on any atom is 0.336 e. The van der Waals surface area contributed by atoms with Crippen LogP contribution in [0.4, 0.5) is 0 Å². The number of rotatable bonds is 13. The summed E-state index contributed by atoms with van der Waals surface area (Å²) in [7, 11) is -2.43. The summed E-state index contributed by atoms with van der Waals surface area (Å²) in [4.78, 5) is 45.7. The Hall–Kier alpha value is -6.13. The van der Waals surface area contributed by atoms with Crippen molar-refractivity contribution in [3.8, 4) is 5.88 Å². The average Bonchev–Trinajstić information content (AvgIpc) is 3.72. The largest absolute Gasteiger partial charge is 0.460 e. The fourth-order valence-corrected chi connectivity index (χ4v) is 10.4. The molecule has 2 aliphatic rings. The van der Waals surface area contributed by atoms with Gasteiger partial charge in [0.05, 0.1) is 18.7 Å². The zero-order valence-corrected chi connectivity index (χ0v) is 32.5. The van der Waals surface area contributed by atoms with Crippen LogP contribution in [0.3, 0.4) is 0 Å².